The van der Waals surface area contributed by atoms with Crippen LogP contribution in [0.2, 0.25) is 0 Å². The van der Waals surface area contributed by atoms with Gasteiger partial charge in [-0.25, -0.2) is 0 Å². The van der Waals surface area contributed by atoms with Crippen molar-refractivity contribution >= 4 is 5.71 Å². The van der Waals surface area contributed by atoms with E-state index in [-0.39, 0.29) is 61.7 Å². The van der Waals surface area contributed by atoms with Gasteiger partial charge in [-0.1, -0.05) is 38.1 Å². The van der Waals surface area contributed by atoms with Gasteiger partial charge in [0.2, 0.25) is 0 Å². The molecule has 24 heavy (non-hydrogen) atoms. The molecule has 1 aromatic rings. The second-order valence-electron chi connectivity index (χ2n) is 7.46. The molecular weight excluding hydrogens is 398 g/mol. The minimum absolute atomic E-state index is 0. The van der Waals surface area contributed by atoms with E-state index in [1.54, 1.807) is 0 Å². The summed E-state index contributed by atoms with van der Waals surface area (Å²) in [5, 5.41) is 21.2. The predicted octanol–water partition coefficient (Wildman–Crippen LogP) is -3.42. The number of aliphatic hydroxyl groups is 2. The number of hydrogen-bond acceptors (Lipinski definition) is 3. The van der Waals surface area contributed by atoms with E-state index in [9.17, 15) is 10.2 Å². The van der Waals surface area contributed by atoms with Crippen molar-refractivity contribution in [2.24, 2.45) is 16.3 Å². The maximum atomic E-state index is 10.6. The quantitative estimate of drug-likeness (QED) is 0.463. The molecule has 0 amide bonds. The van der Waals surface area contributed by atoms with Gasteiger partial charge in [0.1, 0.15) is 0 Å². The Balaban J connectivity index is 0.00000176. The fraction of sp³-hybridized carbons (Fsp3) is 0.611. The topological polar surface area (TPSA) is 52.8 Å². The zero-order chi connectivity index (χ0) is 15.2. The molecule has 1 saturated carbocycles. The number of halogens is 2. The number of fused-ring (bicyclic) bond motifs is 1. The monoisotopic (exact) mass is 421 g/mol. The van der Waals surface area contributed by atoms with Crippen molar-refractivity contribution in [2.45, 2.75) is 58.3 Å². The normalized spacial score (nSPS) is 30.6. The summed E-state index contributed by atoms with van der Waals surface area (Å²) >= 11 is 0. The van der Waals surface area contributed by atoms with Crippen molar-refractivity contribution < 1.29 is 54.5 Å². The Morgan fingerprint density at radius 3 is 2.17 bits per heavy atom. The summed E-state index contributed by atoms with van der Waals surface area (Å²) < 4.78 is 0. The molecule has 0 spiro atoms. The van der Waals surface area contributed by atoms with Crippen molar-refractivity contribution in [3.8, 4) is 0 Å². The molecule has 130 valence electrons. The third-order valence-electron chi connectivity index (χ3n) is 4.84. The molecule has 1 fully saturated rings. The molecule has 1 aromatic carbocycles. The van der Waals surface area contributed by atoms with Crippen molar-refractivity contribution in [1.29, 1.82) is 0 Å². The van der Waals surface area contributed by atoms with E-state index in [4.69, 9.17) is 4.99 Å². The van der Waals surface area contributed by atoms with Gasteiger partial charge in [0.15, 0.2) is 0 Å². The zero-order valence-corrected chi connectivity index (χ0v) is 19.0. The van der Waals surface area contributed by atoms with Crippen LogP contribution in [0, 0.1) is 11.3 Å². The average molecular weight is 424 g/mol. The molecule has 3 atom stereocenters. The Labute approximate surface area is 169 Å². The van der Waals surface area contributed by atoms with Crippen LogP contribution in [0.15, 0.2) is 29.3 Å². The van der Waals surface area contributed by atoms with E-state index in [0.717, 1.165) is 17.7 Å². The Morgan fingerprint density at radius 2 is 1.58 bits per heavy atom. The first-order chi connectivity index (χ1) is 9.87. The van der Waals surface area contributed by atoms with Crippen molar-refractivity contribution in [1.82, 2.24) is 0 Å². The number of aliphatic imine (C=N–C) groups is 1. The molecule has 2 aliphatic rings. The first-order valence-electron chi connectivity index (χ1n) is 7.89. The summed E-state index contributed by atoms with van der Waals surface area (Å²) in [4.78, 5) is 4.79. The van der Waals surface area contributed by atoms with Crippen molar-refractivity contribution in [3.05, 3.63) is 35.4 Å². The minimum Gasteiger partial charge on any atom is -1.00 e. The molecule has 1 aliphatic carbocycles. The smallest absolute Gasteiger partial charge is 1.00 e. The minimum atomic E-state index is -0.527. The van der Waals surface area contributed by atoms with Crippen LogP contribution in [0.4, 0.5) is 0 Å². The Kier molecular flexibility index (Phi) is 9.10. The fourth-order valence-electron chi connectivity index (χ4n) is 3.98. The average Bonchev–Trinajstić information content (AvgIpc) is 2.36. The Bertz CT molecular complexity index is 566. The molecule has 2 N–H and O–H groups in total. The van der Waals surface area contributed by atoms with Gasteiger partial charge in [0.05, 0.1) is 29.9 Å². The summed E-state index contributed by atoms with van der Waals surface area (Å²) in [6.45, 7) is 6.31. The number of hydrogen-bond donors (Lipinski definition) is 2. The number of benzene rings is 1. The predicted molar refractivity (Wildman–Crippen MR) is 84.7 cm³/mol. The zero-order valence-electron chi connectivity index (χ0n) is 14.5. The van der Waals surface area contributed by atoms with Gasteiger partial charge >= 0.3 is 19.5 Å². The number of aliphatic hydroxyl groups excluding tert-OH is 2. The summed E-state index contributed by atoms with van der Waals surface area (Å²) in [6, 6.07) is 8.47. The molecular formula is C18H25Cl2NO2Zn. The molecule has 6 heteroatoms. The van der Waals surface area contributed by atoms with E-state index >= 15 is 0 Å². The van der Waals surface area contributed by atoms with Crippen LogP contribution in [-0.2, 0) is 25.9 Å². The van der Waals surface area contributed by atoms with Gasteiger partial charge in [-0.15, -0.1) is 0 Å². The van der Waals surface area contributed by atoms with Crippen LogP contribution in [0.25, 0.3) is 0 Å². The second-order valence-corrected chi connectivity index (χ2v) is 7.46. The standard InChI is InChI=1S/C18H25NO2.2ClH.Zn/c1-11-8-12-6-4-5-7-13(12)17(19-11)16-14(20)9-18(2,3)10-15(16)21;;;/h4-7,11,14-16,20-21H,8-10H2,1-3H3;2*1H;/q;;;+2/p-2. The van der Waals surface area contributed by atoms with E-state index < -0.39 is 12.2 Å². The van der Waals surface area contributed by atoms with Crippen molar-refractivity contribution in [3.63, 3.8) is 0 Å². The molecule has 3 unspecified atom stereocenters. The van der Waals surface area contributed by atoms with Crippen LogP contribution < -0.4 is 24.8 Å². The number of nitrogens with zero attached hydrogens (tertiary/aromatic N) is 1. The maximum absolute atomic E-state index is 10.6. The van der Waals surface area contributed by atoms with Gasteiger partial charge in [-0.2, -0.15) is 0 Å². The molecule has 0 saturated heterocycles. The SMILES string of the molecule is CC1Cc2ccccc2C(C2C(O)CC(C)(C)CC2O)=N1.[Cl-].[Cl-].[Zn+2]. The Morgan fingerprint density at radius 1 is 1.04 bits per heavy atom. The van der Waals surface area contributed by atoms with Gasteiger partial charge in [0.25, 0.3) is 0 Å². The first kappa shape index (κ1) is 24.0. The molecule has 1 aliphatic heterocycles. The van der Waals surface area contributed by atoms with Crippen LogP contribution in [0.1, 0.15) is 44.7 Å². The van der Waals surface area contributed by atoms with E-state index in [1.165, 1.54) is 5.56 Å². The fourth-order valence-corrected chi connectivity index (χ4v) is 3.98. The van der Waals surface area contributed by atoms with Crippen molar-refractivity contribution in [2.75, 3.05) is 0 Å². The summed E-state index contributed by atoms with van der Waals surface area (Å²) in [5.74, 6) is -0.262. The molecule has 3 rings (SSSR count). The van der Waals surface area contributed by atoms with Crippen LogP contribution in [0.3, 0.4) is 0 Å². The molecule has 3 nitrogen and oxygen atoms in total. The molecule has 1 heterocycles. The third kappa shape index (κ3) is 4.80. The molecule has 0 radical (unpaired) electrons. The van der Waals surface area contributed by atoms with Gasteiger partial charge in [-0.05, 0) is 42.7 Å². The summed E-state index contributed by atoms with van der Waals surface area (Å²) in [6.07, 6.45) is 1.31. The van der Waals surface area contributed by atoms with Gasteiger partial charge < -0.3 is 35.0 Å². The summed E-state index contributed by atoms with van der Waals surface area (Å²) in [5.41, 5.74) is 3.27. The van der Waals surface area contributed by atoms with E-state index in [2.05, 4.69) is 32.9 Å². The molecule has 0 bridgehead atoms. The van der Waals surface area contributed by atoms with Crippen LogP contribution >= 0.6 is 0 Å². The molecule has 0 aromatic heterocycles. The number of rotatable bonds is 1. The van der Waals surface area contributed by atoms with Crippen LogP contribution in [-0.4, -0.2) is 34.2 Å². The van der Waals surface area contributed by atoms with E-state index in [1.807, 2.05) is 12.1 Å². The van der Waals surface area contributed by atoms with Gasteiger partial charge in [0, 0.05) is 0 Å². The van der Waals surface area contributed by atoms with Gasteiger partial charge in [-0.3, -0.25) is 4.99 Å². The first-order valence-corrected chi connectivity index (χ1v) is 7.89. The van der Waals surface area contributed by atoms with E-state index in [0.29, 0.717) is 12.8 Å². The Hall–Kier alpha value is 0.0134. The third-order valence-corrected chi connectivity index (χ3v) is 4.84. The largest absolute Gasteiger partial charge is 2.00 e. The maximum Gasteiger partial charge on any atom is 2.00 e. The van der Waals surface area contributed by atoms with Crippen LogP contribution in [0.5, 0.6) is 0 Å². The second kappa shape index (κ2) is 9.10. The summed E-state index contributed by atoms with van der Waals surface area (Å²) in [7, 11) is 0.